The molecule has 1 aromatic carbocycles. The minimum Gasteiger partial charge on any atom is -0.310 e. The normalized spacial score (nSPS) is 15.2. The standard InChI is InChI=1S/C13H22N2O2S2/c1-10(9-18-3)8-15-11(2)12-5-4-6-13(7-12)19(14,16)17/h4-7,10-11,15H,8-9H2,1-3H3,(H2,14,16,17). The van der Waals surface area contributed by atoms with Gasteiger partial charge in [-0.15, -0.1) is 0 Å². The lowest BCUT2D eigenvalue weighted by atomic mass is 10.1. The minimum absolute atomic E-state index is 0.103. The second-order valence-electron chi connectivity index (χ2n) is 4.81. The summed E-state index contributed by atoms with van der Waals surface area (Å²) in [5.41, 5.74) is 0.933. The third-order valence-corrected chi connectivity index (χ3v) is 4.72. The lowest BCUT2D eigenvalue weighted by Gasteiger charge is -2.18. The van der Waals surface area contributed by atoms with Crippen LogP contribution in [0.5, 0.6) is 0 Å². The van der Waals surface area contributed by atoms with Gasteiger partial charge in [-0.05, 0) is 49.1 Å². The van der Waals surface area contributed by atoms with Crippen LogP contribution in [0.2, 0.25) is 0 Å². The quantitative estimate of drug-likeness (QED) is 0.808. The molecule has 2 unspecified atom stereocenters. The molecule has 0 fully saturated rings. The Bertz CT molecular complexity index is 503. The van der Waals surface area contributed by atoms with E-state index in [0.717, 1.165) is 17.9 Å². The van der Waals surface area contributed by atoms with Crippen molar-refractivity contribution in [1.29, 1.82) is 0 Å². The zero-order valence-electron chi connectivity index (χ0n) is 11.6. The van der Waals surface area contributed by atoms with Crippen LogP contribution in [0.1, 0.15) is 25.5 Å². The Morgan fingerprint density at radius 3 is 2.63 bits per heavy atom. The van der Waals surface area contributed by atoms with E-state index in [0.29, 0.717) is 5.92 Å². The van der Waals surface area contributed by atoms with Crippen LogP contribution in [0.25, 0.3) is 0 Å². The molecule has 0 heterocycles. The molecule has 6 heteroatoms. The number of rotatable bonds is 7. The predicted molar refractivity (Wildman–Crippen MR) is 81.8 cm³/mol. The zero-order valence-corrected chi connectivity index (χ0v) is 13.2. The van der Waals surface area contributed by atoms with Crippen LogP contribution in [0.15, 0.2) is 29.2 Å². The third kappa shape index (κ3) is 5.52. The first kappa shape index (κ1) is 16.5. The van der Waals surface area contributed by atoms with Gasteiger partial charge in [-0.3, -0.25) is 0 Å². The van der Waals surface area contributed by atoms with Gasteiger partial charge in [0.05, 0.1) is 4.90 Å². The molecule has 4 nitrogen and oxygen atoms in total. The molecule has 0 spiro atoms. The summed E-state index contributed by atoms with van der Waals surface area (Å²) in [4.78, 5) is 0.163. The highest BCUT2D eigenvalue weighted by atomic mass is 32.2. The van der Waals surface area contributed by atoms with E-state index in [4.69, 9.17) is 5.14 Å². The Hall–Kier alpha value is -0.560. The third-order valence-electron chi connectivity index (χ3n) is 2.91. The summed E-state index contributed by atoms with van der Waals surface area (Å²) in [6.45, 7) is 5.12. The highest BCUT2D eigenvalue weighted by Crippen LogP contribution is 2.17. The van der Waals surface area contributed by atoms with Crippen LogP contribution in [-0.2, 0) is 10.0 Å². The summed E-state index contributed by atoms with van der Waals surface area (Å²) < 4.78 is 22.6. The van der Waals surface area contributed by atoms with Gasteiger partial charge in [-0.1, -0.05) is 19.1 Å². The fraction of sp³-hybridized carbons (Fsp3) is 0.538. The van der Waals surface area contributed by atoms with E-state index in [-0.39, 0.29) is 10.9 Å². The van der Waals surface area contributed by atoms with E-state index in [1.165, 1.54) is 6.07 Å². The van der Waals surface area contributed by atoms with Gasteiger partial charge in [0.1, 0.15) is 0 Å². The van der Waals surface area contributed by atoms with Crippen LogP contribution in [0, 0.1) is 5.92 Å². The summed E-state index contributed by atoms with van der Waals surface area (Å²) in [6, 6.07) is 6.88. The Morgan fingerprint density at radius 1 is 1.37 bits per heavy atom. The molecule has 108 valence electrons. The molecule has 1 aromatic rings. The predicted octanol–water partition coefficient (Wildman–Crippen LogP) is 1.98. The number of nitrogens with two attached hydrogens (primary N) is 1. The summed E-state index contributed by atoms with van der Waals surface area (Å²) in [5.74, 6) is 1.69. The van der Waals surface area contributed by atoms with Gasteiger partial charge in [-0.25, -0.2) is 13.6 Å². The van der Waals surface area contributed by atoms with E-state index >= 15 is 0 Å². The van der Waals surface area contributed by atoms with Crippen LogP contribution >= 0.6 is 11.8 Å². The molecule has 19 heavy (non-hydrogen) atoms. The molecule has 2 atom stereocenters. The van der Waals surface area contributed by atoms with Crippen molar-refractivity contribution in [1.82, 2.24) is 5.32 Å². The van der Waals surface area contributed by atoms with Gasteiger partial charge in [0.15, 0.2) is 0 Å². The van der Waals surface area contributed by atoms with Gasteiger partial charge in [0.2, 0.25) is 10.0 Å². The Balaban J connectivity index is 2.70. The van der Waals surface area contributed by atoms with Crippen molar-refractivity contribution in [2.24, 2.45) is 11.1 Å². The van der Waals surface area contributed by atoms with Gasteiger partial charge >= 0.3 is 0 Å². The Kier molecular flexibility index (Phi) is 6.32. The molecule has 0 aromatic heterocycles. The van der Waals surface area contributed by atoms with Crippen molar-refractivity contribution in [3.63, 3.8) is 0 Å². The fourth-order valence-electron chi connectivity index (χ4n) is 1.80. The average Bonchev–Trinajstić information content (AvgIpc) is 2.35. The van der Waals surface area contributed by atoms with Crippen LogP contribution in [0.4, 0.5) is 0 Å². The molecule has 0 aliphatic heterocycles. The van der Waals surface area contributed by atoms with E-state index in [1.54, 1.807) is 12.1 Å². The van der Waals surface area contributed by atoms with Gasteiger partial charge in [-0.2, -0.15) is 11.8 Å². The first-order valence-electron chi connectivity index (χ1n) is 6.19. The molecule has 0 bridgehead atoms. The van der Waals surface area contributed by atoms with E-state index in [9.17, 15) is 8.42 Å². The van der Waals surface area contributed by atoms with Crippen LogP contribution in [0.3, 0.4) is 0 Å². The second-order valence-corrected chi connectivity index (χ2v) is 7.28. The van der Waals surface area contributed by atoms with Crippen molar-refractivity contribution in [3.05, 3.63) is 29.8 Å². The lowest BCUT2D eigenvalue weighted by Crippen LogP contribution is -2.25. The fourth-order valence-corrected chi connectivity index (χ4v) is 3.06. The molecule has 0 aliphatic rings. The van der Waals surface area contributed by atoms with Gasteiger partial charge < -0.3 is 5.32 Å². The minimum atomic E-state index is -3.63. The van der Waals surface area contributed by atoms with Gasteiger partial charge in [0.25, 0.3) is 0 Å². The molecule has 0 saturated heterocycles. The summed E-state index contributed by atoms with van der Waals surface area (Å²) in [6.07, 6.45) is 2.09. The van der Waals surface area contributed by atoms with E-state index in [1.807, 2.05) is 24.8 Å². The van der Waals surface area contributed by atoms with Crippen molar-refractivity contribution in [3.8, 4) is 0 Å². The number of hydrogen-bond donors (Lipinski definition) is 2. The van der Waals surface area contributed by atoms with Crippen molar-refractivity contribution >= 4 is 21.8 Å². The maximum atomic E-state index is 11.3. The summed E-state index contributed by atoms with van der Waals surface area (Å²) in [7, 11) is -3.63. The average molecular weight is 302 g/mol. The van der Waals surface area contributed by atoms with Crippen molar-refractivity contribution in [2.75, 3.05) is 18.6 Å². The first-order chi connectivity index (χ1) is 8.84. The molecular weight excluding hydrogens is 280 g/mol. The highest BCUT2D eigenvalue weighted by Gasteiger charge is 2.12. The zero-order chi connectivity index (χ0) is 14.5. The molecular formula is C13H22N2O2S2. The molecule has 1 rings (SSSR count). The van der Waals surface area contributed by atoms with E-state index in [2.05, 4.69) is 18.5 Å². The highest BCUT2D eigenvalue weighted by molar-refractivity contribution is 7.98. The molecule has 0 amide bonds. The van der Waals surface area contributed by atoms with Crippen LogP contribution in [-0.4, -0.2) is 27.0 Å². The molecule has 0 radical (unpaired) electrons. The first-order valence-corrected chi connectivity index (χ1v) is 9.13. The number of benzene rings is 1. The second kappa shape index (κ2) is 7.28. The number of thioether (sulfide) groups is 1. The number of hydrogen-bond acceptors (Lipinski definition) is 4. The van der Waals surface area contributed by atoms with E-state index < -0.39 is 10.0 Å². The Morgan fingerprint density at radius 2 is 2.05 bits per heavy atom. The van der Waals surface area contributed by atoms with Crippen molar-refractivity contribution < 1.29 is 8.42 Å². The lowest BCUT2D eigenvalue weighted by molar-refractivity contribution is 0.500. The van der Waals surface area contributed by atoms with Gasteiger partial charge in [0, 0.05) is 6.04 Å². The maximum absolute atomic E-state index is 11.3. The summed E-state index contributed by atoms with van der Waals surface area (Å²) >= 11 is 1.83. The molecule has 0 saturated carbocycles. The molecule has 3 N–H and O–H groups in total. The largest absolute Gasteiger partial charge is 0.310 e. The number of nitrogens with one attached hydrogen (secondary N) is 1. The Labute approximate surface area is 120 Å². The van der Waals surface area contributed by atoms with Crippen molar-refractivity contribution in [2.45, 2.75) is 24.8 Å². The van der Waals surface area contributed by atoms with Crippen LogP contribution < -0.4 is 10.5 Å². The maximum Gasteiger partial charge on any atom is 0.238 e. The summed E-state index contributed by atoms with van der Waals surface area (Å²) in [5, 5.41) is 8.55. The number of sulfonamides is 1. The topological polar surface area (TPSA) is 72.2 Å². The monoisotopic (exact) mass is 302 g/mol. The molecule has 0 aliphatic carbocycles. The number of primary sulfonamides is 1. The SMILES string of the molecule is CSCC(C)CNC(C)c1cccc(S(N)(=O)=O)c1. The smallest absolute Gasteiger partial charge is 0.238 e.